The van der Waals surface area contributed by atoms with E-state index in [9.17, 15) is 14.7 Å². The molecule has 2 aromatic carbocycles. The molecule has 2 aliphatic rings. The summed E-state index contributed by atoms with van der Waals surface area (Å²) in [4.78, 5) is 27.3. The maximum absolute atomic E-state index is 12.7. The van der Waals surface area contributed by atoms with Crippen molar-refractivity contribution in [1.29, 1.82) is 0 Å². The normalized spacial score (nSPS) is 14.5. The third-order valence-electron chi connectivity index (χ3n) is 6.28. The predicted molar refractivity (Wildman–Crippen MR) is 132 cm³/mol. The van der Waals surface area contributed by atoms with E-state index in [1.165, 1.54) is 38.5 Å². The minimum Gasteiger partial charge on any atom is -0.502 e. The number of thioether (sulfide) groups is 1. The van der Waals surface area contributed by atoms with Crippen molar-refractivity contribution in [3.63, 3.8) is 0 Å². The number of carbonyl (C=O) groups is 1. The lowest BCUT2D eigenvalue weighted by atomic mass is 9.99. The van der Waals surface area contributed by atoms with E-state index in [0.717, 1.165) is 37.2 Å². The Morgan fingerprint density at radius 2 is 1.85 bits per heavy atom. The zero-order valence-corrected chi connectivity index (χ0v) is 19.6. The number of fused-ring (bicyclic) bond motifs is 3. The van der Waals surface area contributed by atoms with Gasteiger partial charge in [-0.25, -0.2) is 0 Å². The van der Waals surface area contributed by atoms with Crippen LogP contribution in [0.3, 0.4) is 0 Å². The van der Waals surface area contributed by atoms with Crippen molar-refractivity contribution < 1.29 is 14.6 Å². The van der Waals surface area contributed by atoms with E-state index in [2.05, 4.69) is 47.9 Å². The molecular formula is C26H27N3O4S. The molecule has 1 amide bonds. The molecule has 3 aromatic rings. The summed E-state index contributed by atoms with van der Waals surface area (Å²) in [7, 11) is 0. The Morgan fingerprint density at radius 1 is 1.00 bits per heavy atom. The minimum atomic E-state index is -0.554. The second-order valence-corrected chi connectivity index (χ2v) is 9.53. The molecule has 0 saturated heterocycles. The molecule has 0 radical (unpaired) electrons. The quantitative estimate of drug-likeness (QED) is 0.502. The Bertz CT molecular complexity index is 1270. The maximum Gasteiger partial charge on any atom is 0.277 e. The Labute approximate surface area is 202 Å². The molecule has 7 nitrogen and oxygen atoms in total. The van der Waals surface area contributed by atoms with Gasteiger partial charge in [-0.1, -0.05) is 30.3 Å². The fourth-order valence-electron chi connectivity index (χ4n) is 4.41. The number of ether oxygens (including phenoxy) is 1. The Hall–Kier alpha value is -3.39. The molecule has 0 atom stereocenters. The third-order valence-corrected chi connectivity index (χ3v) is 7.44. The third kappa shape index (κ3) is 4.50. The highest BCUT2D eigenvalue weighted by Gasteiger charge is 2.27. The molecule has 0 bridgehead atoms. The second kappa shape index (κ2) is 9.85. The van der Waals surface area contributed by atoms with Gasteiger partial charge in [-0.15, -0.1) is 11.8 Å². The molecule has 176 valence electrons. The number of hydrogen-bond donors (Lipinski definition) is 2. The van der Waals surface area contributed by atoms with Crippen LogP contribution in [0.15, 0.2) is 64.4 Å². The fraction of sp³-hybridized carbons (Fsp3) is 0.308. The fourth-order valence-corrected chi connectivity index (χ4v) is 5.49. The molecule has 5 rings (SSSR count). The number of benzene rings is 2. The first-order valence-electron chi connectivity index (χ1n) is 11.5. The van der Waals surface area contributed by atoms with Crippen molar-refractivity contribution in [2.45, 2.75) is 36.3 Å². The van der Waals surface area contributed by atoms with Crippen LogP contribution in [0.2, 0.25) is 0 Å². The predicted octanol–water partition coefficient (Wildman–Crippen LogP) is 3.96. The lowest BCUT2D eigenvalue weighted by molar-refractivity contribution is 0.0719. The summed E-state index contributed by atoms with van der Waals surface area (Å²) < 4.78 is 7.60. The van der Waals surface area contributed by atoms with Crippen LogP contribution < -0.4 is 15.6 Å². The highest BCUT2D eigenvalue weighted by Crippen LogP contribution is 2.37. The molecule has 0 saturated carbocycles. The first-order valence-corrected chi connectivity index (χ1v) is 12.5. The van der Waals surface area contributed by atoms with E-state index in [1.807, 2.05) is 11.8 Å². The standard InChI is InChI=1S/C26H27N3O4S/c30-21-11-13-29-24(25(21)31)26(32)28(17-27-29)12-4-1-5-14-33-22-9-6-8-19-16-34-23-10-3-2-7-18(23)15-20(19)22/h2-3,6-11,13,27,31H,1,4-5,12,14-17H2. The molecule has 1 aromatic heterocycles. The second-order valence-electron chi connectivity index (χ2n) is 8.51. The molecule has 0 aliphatic carbocycles. The minimum absolute atomic E-state index is 0.00779. The van der Waals surface area contributed by atoms with Crippen LogP contribution in [0.4, 0.5) is 0 Å². The molecule has 0 unspecified atom stereocenters. The van der Waals surface area contributed by atoms with Crippen molar-refractivity contribution in [3.05, 3.63) is 87.3 Å². The van der Waals surface area contributed by atoms with Crippen LogP contribution >= 0.6 is 11.8 Å². The number of rotatable bonds is 7. The van der Waals surface area contributed by atoms with Gasteiger partial charge in [0.05, 0.1) is 6.61 Å². The van der Waals surface area contributed by atoms with Gasteiger partial charge in [-0.3, -0.25) is 14.3 Å². The molecular weight excluding hydrogens is 450 g/mol. The van der Waals surface area contributed by atoms with Crippen molar-refractivity contribution in [2.75, 3.05) is 25.2 Å². The Morgan fingerprint density at radius 3 is 2.76 bits per heavy atom. The van der Waals surface area contributed by atoms with Crippen molar-refractivity contribution in [1.82, 2.24) is 9.58 Å². The van der Waals surface area contributed by atoms with Crippen LogP contribution in [0.1, 0.15) is 46.4 Å². The van der Waals surface area contributed by atoms with Gasteiger partial charge >= 0.3 is 0 Å². The average molecular weight is 478 g/mol. The number of pyridine rings is 1. The van der Waals surface area contributed by atoms with E-state index < -0.39 is 11.2 Å². The number of unbranched alkanes of at least 4 members (excludes halogenated alkanes) is 2. The van der Waals surface area contributed by atoms with Crippen LogP contribution in [0, 0.1) is 0 Å². The topological polar surface area (TPSA) is 83.8 Å². The molecule has 34 heavy (non-hydrogen) atoms. The van der Waals surface area contributed by atoms with E-state index >= 15 is 0 Å². The number of aromatic hydroxyl groups is 1. The maximum atomic E-state index is 12.7. The van der Waals surface area contributed by atoms with Crippen LogP contribution in [0.5, 0.6) is 11.5 Å². The summed E-state index contributed by atoms with van der Waals surface area (Å²) in [6, 6.07) is 16.1. The van der Waals surface area contributed by atoms with Gasteiger partial charge in [-0.2, -0.15) is 0 Å². The van der Waals surface area contributed by atoms with Gasteiger partial charge in [0.1, 0.15) is 12.4 Å². The zero-order valence-electron chi connectivity index (χ0n) is 18.8. The largest absolute Gasteiger partial charge is 0.502 e. The smallest absolute Gasteiger partial charge is 0.277 e. The van der Waals surface area contributed by atoms with E-state index in [1.54, 1.807) is 4.90 Å². The van der Waals surface area contributed by atoms with Crippen LogP contribution in [-0.2, 0) is 12.2 Å². The number of aromatic nitrogens is 1. The lowest BCUT2D eigenvalue weighted by Gasteiger charge is -2.31. The van der Waals surface area contributed by atoms with Gasteiger partial charge < -0.3 is 20.2 Å². The van der Waals surface area contributed by atoms with Gasteiger partial charge in [0, 0.05) is 41.4 Å². The van der Waals surface area contributed by atoms with E-state index in [-0.39, 0.29) is 11.6 Å². The summed E-state index contributed by atoms with van der Waals surface area (Å²) in [5.41, 5.74) is 6.41. The van der Waals surface area contributed by atoms with Gasteiger partial charge in [-0.05, 0) is 42.5 Å². The highest BCUT2D eigenvalue weighted by molar-refractivity contribution is 7.98. The SMILES string of the molecule is O=C1c2c(O)c(=O)ccn2NCN1CCCCCOc1cccc2c1Cc1ccccc1SC2. The van der Waals surface area contributed by atoms with Crippen LogP contribution in [-0.4, -0.2) is 40.4 Å². The summed E-state index contributed by atoms with van der Waals surface area (Å²) >= 11 is 1.88. The lowest BCUT2D eigenvalue weighted by Crippen LogP contribution is -2.46. The molecule has 2 N–H and O–H groups in total. The number of hydrogen-bond acceptors (Lipinski definition) is 6. The van der Waals surface area contributed by atoms with Gasteiger partial charge in [0.15, 0.2) is 11.4 Å². The van der Waals surface area contributed by atoms with E-state index in [0.29, 0.717) is 19.8 Å². The monoisotopic (exact) mass is 477 g/mol. The molecule has 0 spiro atoms. The van der Waals surface area contributed by atoms with Crippen molar-refractivity contribution >= 4 is 17.7 Å². The molecule has 3 heterocycles. The first kappa shape index (κ1) is 22.4. The molecule has 8 heteroatoms. The number of nitrogens with zero attached hydrogens (tertiary/aromatic N) is 2. The number of carbonyl (C=O) groups excluding carboxylic acids is 1. The van der Waals surface area contributed by atoms with Gasteiger partial charge in [0.25, 0.3) is 5.91 Å². The number of amides is 1. The summed E-state index contributed by atoms with van der Waals surface area (Å²) in [6.07, 6.45) is 4.95. The number of nitrogens with one attached hydrogen (secondary N) is 1. The van der Waals surface area contributed by atoms with Gasteiger partial charge in [0.2, 0.25) is 5.43 Å². The Balaban J connectivity index is 1.12. The highest BCUT2D eigenvalue weighted by atomic mass is 32.2. The van der Waals surface area contributed by atoms with Crippen molar-refractivity contribution in [2.24, 2.45) is 0 Å². The Kier molecular flexibility index (Phi) is 6.49. The average Bonchev–Trinajstić information content (AvgIpc) is 3.04. The zero-order chi connectivity index (χ0) is 23.5. The molecule has 2 aliphatic heterocycles. The summed E-state index contributed by atoms with van der Waals surface area (Å²) in [6.45, 7) is 1.50. The van der Waals surface area contributed by atoms with E-state index in [4.69, 9.17) is 4.74 Å². The van der Waals surface area contributed by atoms with Crippen molar-refractivity contribution in [3.8, 4) is 11.5 Å². The molecule has 0 fully saturated rings. The summed E-state index contributed by atoms with van der Waals surface area (Å²) in [5.74, 6) is 1.06. The van der Waals surface area contributed by atoms with Crippen LogP contribution in [0.25, 0.3) is 0 Å². The summed E-state index contributed by atoms with van der Waals surface area (Å²) in [5, 5.41) is 10.00. The first-order chi connectivity index (χ1) is 16.6.